The summed E-state index contributed by atoms with van der Waals surface area (Å²) >= 11 is 0. The summed E-state index contributed by atoms with van der Waals surface area (Å²) in [5, 5.41) is 0. The smallest absolute Gasteiger partial charge is 0.340 e. The van der Waals surface area contributed by atoms with Crippen molar-refractivity contribution >= 4 is 12.4 Å². The fourth-order valence-corrected chi connectivity index (χ4v) is 6.86. The van der Waals surface area contributed by atoms with E-state index >= 15 is 0 Å². The minimum absolute atomic E-state index is 0.0482. The summed E-state index contributed by atoms with van der Waals surface area (Å²) in [6, 6.07) is 9.01. The van der Waals surface area contributed by atoms with Gasteiger partial charge in [-0.15, -0.1) is 0 Å². The fraction of sp³-hybridized carbons (Fsp3) is 0.588. The van der Waals surface area contributed by atoms with E-state index in [2.05, 4.69) is 115 Å². The van der Waals surface area contributed by atoms with Crippen LogP contribution < -0.4 is 9.47 Å². The van der Waals surface area contributed by atoms with Crippen molar-refractivity contribution in [2.45, 2.75) is 129 Å². The molecule has 3 aliphatic heterocycles. The van der Waals surface area contributed by atoms with Gasteiger partial charge in [-0.05, 0) is 59.3 Å². The third-order valence-electron chi connectivity index (χ3n) is 8.95. The number of aryl methyl sites for hydroxylation is 1. The Hall–Kier alpha value is -2.62. The van der Waals surface area contributed by atoms with E-state index in [1.165, 1.54) is 46.2 Å². The maximum atomic E-state index is 7.29. The van der Waals surface area contributed by atoms with E-state index in [0.717, 1.165) is 24.3 Å². The molecule has 1 saturated heterocycles. The summed E-state index contributed by atoms with van der Waals surface area (Å²) < 4.78 is 19.4. The average molecular weight is 515 g/mol. The van der Waals surface area contributed by atoms with Crippen molar-refractivity contribution in [2.24, 2.45) is 0 Å². The molecule has 1 saturated carbocycles. The minimum atomic E-state index is -1.00. The van der Waals surface area contributed by atoms with E-state index in [4.69, 9.17) is 9.47 Å². The highest BCUT2D eigenvalue weighted by molar-refractivity contribution is 5.85. The zero-order chi connectivity index (χ0) is 27.4. The van der Waals surface area contributed by atoms with Gasteiger partial charge >= 0.3 is 6.03 Å². The van der Waals surface area contributed by atoms with Gasteiger partial charge in [0.15, 0.2) is 23.9 Å². The van der Waals surface area contributed by atoms with Crippen LogP contribution in [0.25, 0.3) is 0 Å². The molecule has 0 N–H and O–H groups in total. The van der Waals surface area contributed by atoms with Crippen molar-refractivity contribution in [1.29, 1.82) is 0 Å². The first-order chi connectivity index (χ1) is 17.6. The summed E-state index contributed by atoms with van der Waals surface area (Å²) in [6.07, 6.45) is 9.53. The lowest BCUT2D eigenvalue weighted by Crippen LogP contribution is -2.60. The lowest BCUT2D eigenvalue weighted by Gasteiger charge is -2.34. The molecular weight excluding hydrogens is 468 g/mol. The molecule has 0 amide bonds. The molecule has 2 fully saturated rings. The summed E-state index contributed by atoms with van der Waals surface area (Å²) in [5.41, 5.74) is 7.37. The van der Waals surface area contributed by atoms with Crippen LogP contribution in [-0.4, -0.2) is 39.7 Å². The zero-order valence-corrected chi connectivity index (χ0v) is 25.2. The molecule has 0 aromatic heterocycles. The molecule has 4 heteroatoms. The first kappa shape index (κ1) is 25.6. The summed E-state index contributed by atoms with van der Waals surface area (Å²) in [7, 11) is 0. The lowest BCUT2D eigenvalue weighted by molar-refractivity contribution is -0.866. The Kier molecular flexibility index (Phi) is 5.37. The lowest BCUT2D eigenvalue weighted by atomic mass is 9.79. The van der Waals surface area contributed by atoms with Crippen molar-refractivity contribution in [1.82, 2.24) is 0 Å². The molecule has 1 spiro atoms. The highest BCUT2D eigenvalue weighted by Crippen LogP contribution is 2.49. The van der Waals surface area contributed by atoms with Crippen LogP contribution >= 0.6 is 0 Å². The van der Waals surface area contributed by atoms with E-state index in [-0.39, 0.29) is 16.2 Å². The van der Waals surface area contributed by atoms with Crippen molar-refractivity contribution in [3.63, 3.8) is 0 Å². The van der Waals surface area contributed by atoms with Gasteiger partial charge in [0, 0.05) is 24.0 Å². The van der Waals surface area contributed by atoms with E-state index in [1.54, 1.807) is 0 Å². The highest BCUT2D eigenvalue weighted by Gasteiger charge is 2.76. The number of hydrogen-bond donors (Lipinski definition) is 0. The van der Waals surface area contributed by atoms with Crippen molar-refractivity contribution in [3.8, 4) is 11.5 Å². The van der Waals surface area contributed by atoms with Crippen LogP contribution in [0.5, 0.6) is 11.5 Å². The molecule has 202 valence electrons. The summed E-state index contributed by atoms with van der Waals surface area (Å²) in [4.78, 5) is 0. The Morgan fingerprint density at radius 2 is 1.13 bits per heavy atom. The predicted molar refractivity (Wildman–Crippen MR) is 155 cm³/mol. The maximum absolute atomic E-state index is 7.29. The van der Waals surface area contributed by atoms with Crippen molar-refractivity contribution in [3.05, 3.63) is 57.6 Å². The molecule has 6 rings (SSSR count). The minimum Gasteiger partial charge on any atom is -0.340 e. The SMILES string of the molecule is Cc1cc2c(c(C(C)(C)C)c1)OC13Oc4c(cc(C(C)(C)C)cc4C(C)(C)C)C=[N+]1[C@@H]1CCCC[C@H]1[N+]3=C2. The van der Waals surface area contributed by atoms with Crippen LogP contribution in [0.2, 0.25) is 0 Å². The van der Waals surface area contributed by atoms with Gasteiger partial charge in [-0.1, -0.05) is 83.6 Å². The second-order valence-corrected chi connectivity index (χ2v) is 15.2. The number of ether oxygens (including phenoxy) is 2. The molecule has 4 nitrogen and oxygen atoms in total. The van der Waals surface area contributed by atoms with Crippen LogP contribution in [-0.2, 0) is 16.2 Å². The third-order valence-corrected chi connectivity index (χ3v) is 8.95. The molecule has 3 atom stereocenters. The van der Waals surface area contributed by atoms with Crippen LogP contribution in [0, 0.1) is 6.92 Å². The molecule has 1 aliphatic carbocycles. The van der Waals surface area contributed by atoms with Crippen LogP contribution in [0.1, 0.15) is 121 Å². The second kappa shape index (κ2) is 7.96. The normalized spacial score (nSPS) is 26.1. The zero-order valence-electron chi connectivity index (χ0n) is 25.2. The van der Waals surface area contributed by atoms with Gasteiger partial charge in [-0.2, -0.15) is 0 Å². The van der Waals surface area contributed by atoms with Gasteiger partial charge < -0.3 is 9.47 Å². The molecule has 2 aromatic carbocycles. The topological polar surface area (TPSA) is 24.5 Å². The van der Waals surface area contributed by atoms with Gasteiger partial charge in [0.2, 0.25) is 12.1 Å². The number of rotatable bonds is 0. The highest BCUT2D eigenvalue weighted by atomic mass is 16.7. The van der Waals surface area contributed by atoms with E-state index in [0.29, 0.717) is 12.1 Å². The Bertz CT molecular complexity index is 1390. The van der Waals surface area contributed by atoms with Gasteiger partial charge in [-0.25, -0.2) is 0 Å². The number of hydrogen-bond acceptors (Lipinski definition) is 2. The number of nitrogens with zero attached hydrogens (tertiary/aromatic N) is 2. The molecule has 4 aliphatic rings. The number of fused-ring (bicyclic) bond motifs is 5. The van der Waals surface area contributed by atoms with Crippen molar-refractivity contribution in [2.75, 3.05) is 0 Å². The van der Waals surface area contributed by atoms with Crippen LogP contribution in [0.3, 0.4) is 0 Å². The molecule has 38 heavy (non-hydrogen) atoms. The van der Waals surface area contributed by atoms with E-state index in [1.807, 2.05) is 0 Å². The summed E-state index contributed by atoms with van der Waals surface area (Å²) in [5.74, 6) is 1.93. The third kappa shape index (κ3) is 3.77. The second-order valence-electron chi connectivity index (χ2n) is 15.2. The molecule has 2 aromatic rings. The van der Waals surface area contributed by atoms with E-state index in [9.17, 15) is 0 Å². The van der Waals surface area contributed by atoms with Crippen molar-refractivity contribution < 1.29 is 18.6 Å². The quantitative estimate of drug-likeness (QED) is 0.348. The molecule has 0 radical (unpaired) electrons. The Balaban J connectivity index is 1.63. The van der Waals surface area contributed by atoms with E-state index < -0.39 is 6.03 Å². The van der Waals surface area contributed by atoms with Crippen LogP contribution in [0.15, 0.2) is 24.3 Å². The largest absolute Gasteiger partial charge is 0.704 e. The Morgan fingerprint density at radius 3 is 1.61 bits per heavy atom. The summed E-state index contributed by atoms with van der Waals surface area (Å²) in [6.45, 7) is 22.8. The van der Waals surface area contributed by atoms with Gasteiger partial charge in [0.1, 0.15) is 0 Å². The fourth-order valence-electron chi connectivity index (χ4n) is 6.86. The van der Waals surface area contributed by atoms with Gasteiger partial charge in [0.05, 0.1) is 11.1 Å². The first-order valence-electron chi connectivity index (χ1n) is 14.6. The molecular formula is C34H46N2O2+2. The predicted octanol–water partition coefficient (Wildman–Crippen LogP) is 7.17. The molecule has 0 bridgehead atoms. The molecule has 1 unspecified atom stereocenters. The maximum Gasteiger partial charge on any atom is 0.704 e. The number of benzene rings is 2. The molecule has 3 heterocycles. The van der Waals surface area contributed by atoms with Gasteiger partial charge in [0.25, 0.3) is 0 Å². The van der Waals surface area contributed by atoms with Crippen LogP contribution in [0.4, 0.5) is 0 Å². The first-order valence-corrected chi connectivity index (χ1v) is 14.6. The van der Waals surface area contributed by atoms with Gasteiger partial charge in [-0.3, -0.25) is 0 Å². The average Bonchev–Trinajstić information content (AvgIpc) is 3.07. The standard InChI is InChI=1S/C34H46N2O2/c1-21-15-22-19-35-27-13-11-12-14-28(27)36-20-23-17-24(31(2,3)4)18-26(33(8,9)10)30(23)38-34(35,36)37-29(22)25(16-21)32(5,6)7/h15-20,27-28H,11-14H2,1-10H3/q+2/t27-,28-,34?/m1/s1. The Labute approximate surface area is 229 Å². The monoisotopic (exact) mass is 514 g/mol. The Morgan fingerprint density at radius 1 is 0.658 bits per heavy atom.